The van der Waals surface area contributed by atoms with Crippen LogP contribution in [0, 0.1) is 23.2 Å². The van der Waals surface area contributed by atoms with Crippen molar-refractivity contribution in [2.24, 2.45) is 23.2 Å². The first-order valence-corrected chi connectivity index (χ1v) is 15.5. The number of hydrogen-bond donors (Lipinski definition) is 0. The highest BCUT2D eigenvalue weighted by Crippen LogP contribution is 2.59. The number of hydrogen-bond acceptors (Lipinski definition) is 2. The van der Waals surface area contributed by atoms with Crippen molar-refractivity contribution >= 4 is 30.9 Å². The molecule has 0 spiro atoms. The summed E-state index contributed by atoms with van der Waals surface area (Å²) in [5.74, 6) is 2.24. The molecule has 0 aromatic carbocycles. The van der Waals surface area contributed by atoms with Gasteiger partial charge < -0.3 is 9.16 Å². The molecule has 154 valence electrons. The molecule has 2 nitrogen and oxygen atoms in total. The third-order valence-corrected chi connectivity index (χ3v) is 9.13. The number of halogens is 1. The first-order chi connectivity index (χ1) is 12.6. The average molecular weight is 503 g/mol. The molecular formula is C23H39IO2Si. The maximum atomic E-state index is 6.40. The summed E-state index contributed by atoms with van der Waals surface area (Å²) < 4.78 is 15.2. The Hall–Kier alpha value is 0.347. The van der Waals surface area contributed by atoms with E-state index in [4.69, 9.17) is 9.16 Å². The lowest BCUT2D eigenvalue weighted by atomic mass is 9.61. The Labute approximate surface area is 181 Å². The summed E-state index contributed by atoms with van der Waals surface area (Å²) >= 11 is 2.47. The minimum absolute atomic E-state index is 0.133. The molecule has 3 aliphatic carbocycles. The highest BCUT2D eigenvalue weighted by molar-refractivity contribution is 14.1. The lowest BCUT2D eigenvalue weighted by Gasteiger charge is -2.44. The predicted octanol–water partition coefficient (Wildman–Crippen LogP) is 7.11. The molecule has 0 bridgehead atoms. The van der Waals surface area contributed by atoms with Crippen LogP contribution < -0.4 is 0 Å². The van der Waals surface area contributed by atoms with Gasteiger partial charge in [0.2, 0.25) is 0 Å². The summed E-state index contributed by atoms with van der Waals surface area (Å²) in [4.78, 5) is 0. The van der Waals surface area contributed by atoms with Gasteiger partial charge in [0.1, 0.15) is 0 Å². The predicted molar refractivity (Wildman–Crippen MR) is 126 cm³/mol. The Morgan fingerprint density at radius 2 is 2.04 bits per heavy atom. The van der Waals surface area contributed by atoms with Gasteiger partial charge >= 0.3 is 0 Å². The molecule has 2 fully saturated rings. The van der Waals surface area contributed by atoms with E-state index >= 15 is 0 Å². The van der Waals surface area contributed by atoms with E-state index < -0.39 is 8.32 Å². The normalized spacial score (nSPS) is 41.9. The Bertz CT molecular complexity index is 596. The van der Waals surface area contributed by atoms with Crippen LogP contribution in [-0.2, 0) is 9.16 Å². The van der Waals surface area contributed by atoms with E-state index in [1.165, 1.54) is 32.1 Å². The van der Waals surface area contributed by atoms with Crippen molar-refractivity contribution in [3.05, 3.63) is 21.8 Å². The van der Waals surface area contributed by atoms with Crippen LogP contribution in [0.15, 0.2) is 21.8 Å². The van der Waals surface area contributed by atoms with E-state index in [1.54, 1.807) is 5.57 Å². The molecule has 0 N–H and O–H groups in total. The molecule has 0 aliphatic heterocycles. The van der Waals surface area contributed by atoms with Gasteiger partial charge in [-0.25, -0.2) is 0 Å². The first kappa shape index (κ1) is 22.0. The molecule has 3 aliphatic rings. The van der Waals surface area contributed by atoms with Gasteiger partial charge in [-0.2, -0.15) is 0 Å². The van der Waals surface area contributed by atoms with Gasteiger partial charge in [-0.15, -0.1) is 0 Å². The molecule has 2 saturated carbocycles. The van der Waals surface area contributed by atoms with Crippen molar-refractivity contribution < 1.29 is 9.16 Å². The van der Waals surface area contributed by atoms with E-state index in [9.17, 15) is 0 Å². The second kappa shape index (κ2) is 8.23. The van der Waals surface area contributed by atoms with Crippen LogP contribution in [0.1, 0.15) is 59.3 Å². The Morgan fingerprint density at radius 1 is 1.30 bits per heavy atom. The molecule has 0 heterocycles. The van der Waals surface area contributed by atoms with Crippen LogP contribution >= 0.6 is 22.6 Å². The van der Waals surface area contributed by atoms with Crippen molar-refractivity contribution in [1.29, 1.82) is 0 Å². The molecule has 0 radical (unpaired) electrons. The molecular weight excluding hydrogens is 463 g/mol. The van der Waals surface area contributed by atoms with Crippen molar-refractivity contribution in [3.8, 4) is 0 Å². The zero-order valence-corrected chi connectivity index (χ0v) is 21.3. The fourth-order valence-electron chi connectivity index (χ4n) is 6.27. The van der Waals surface area contributed by atoms with Gasteiger partial charge in [0.15, 0.2) is 8.32 Å². The van der Waals surface area contributed by atoms with Gasteiger partial charge in [-0.1, -0.05) is 54.2 Å². The van der Waals surface area contributed by atoms with Crippen molar-refractivity contribution in [3.63, 3.8) is 0 Å². The van der Waals surface area contributed by atoms with Crippen LogP contribution in [0.5, 0.6) is 0 Å². The summed E-state index contributed by atoms with van der Waals surface area (Å²) in [7, 11) is -1.54. The van der Waals surface area contributed by atoms with Crippen molar-refractivity contribution in [1.82, 2.24) is 0 Å². The minimum Gasteiger partial charge on any atom is -0.409 e. The lowest BCUT2D eigenvalue weighted by molar-refractivity contribution is -0.00461. The molecule has 6 atom stereocenters. The lowest BCUT2D eigenvalue weighted by Crippen LogP contribution is -2.39. The van der Waals surface area contributed by atoms with E-state index in [0.717, 1.165) is 24.9 Å². The van der Waals surface area contributed by atoms with Crippen molar-refractivity contribution in [2.75, 3.05) is 6.61 Å². The number of fused-ring (bicyclic) bond motifs is 1. The first-order valence-electron chi connectivity index (χ1n) is 10.9. The van der Waals surface area contributed by atoms with Gasteiger partial charge in [0.25, 0.3) is 0 Å². The maximum Gasteiger partial charge on any atom is 0.184 e. The second-order valence-corrected chi connectivity index (χ2v) is 15.8. The largest absolute Gasteiger partial charge is 0.409 e. The highest BCUT2D eigenvalue weighted by atomic mass is 127. The van der Waals surface area contributed by atoms with Crippen LogP contribution in [0.3, 0.4) is 0 Å². The second-order valence-electron chi connectivity index (χ2n) is 10.7. The third kappa shape index (κ3) is 4.92. The van der Waals surface area contributed by atoms with E-state index in [0.29, 0.717) is 11.3 Å². The molecule has 0 amide bonds. The average Bonchev–Trinajstić information content (AvgIpc) is 3.10. The van der Waals surface area contributed by atoms with Gasteiger partial charge in [-0.3, -0.25) is 0 Å². The monoisotopic (exact) mass is 502 g/mol. The molecule has 27 heavy (non-hydrogen) atoms. The van der Waals surface area contributed by atoms with Crippen molar-refractivity contribution in [2.45, 2.75) is 90.6 Å². The zero-order chi connectivity index (χ0) is 19.9. The SMILES string of the molecule is C[C@@H](CO[C@H]1C=C[C@](C)(O[Si](C)(C)C)C1)[C@H]1CCC2C(=CI)CCC[C@@]21C. The molecule has 0 aromatic heterocycles. The molecule has 1 unspecified atom stereocenters. The van der Waals surface area contributed by atoms with E-state index in [2.05, 4.69) is 79.2 Å². The smallest absolute Gasteiger partial charge is 0.184 e. The number of rotatable bonds is 6. The topological polar surface area (TPSA) is 18.5 Å². The molecule has 4 heteroatoms. The van der Waals surface area contributed by atoms with Gasteiger partial charge in [0.05, 0.1) is 18.3 Å². The highest BCUT2D eigenvalue weighted by Gasteiger charge is 2.50. The van der Waals surface area contributed by atoms with Crippen LogP contribution in [0.2, 0.25) is 19.6 Å². The summed E-state index contributed by atoms with van der Waals surface area (Å²) in [6, 6.07) is 0. The quantitative estimate of drug-likeness (QED) is 0.219. The Kier molecular flexibility index (Phi) is 6.72. The maximum absolute atomic E-state index is 6.40. The minimum atomic E-state index is -1.54. The summed E-state index contributed by atoms with van der Waals surface area (Å²) in [6.07, 6.45) is 12.5. The summed E-state index contributed by atoms with van der Waals surface area (Å²) in [5, 5.41) is 0. The molecule has 0 aromatic rings. The van der Waals surface area contributed by atoms with Crippen LogP contribution in [-0.4, -0.2) is 26.6 Å². The molecule has 0 saturated heterocycles. The van der Waals surface area contributed by atoms with E-state index in [1.807, 2.05) is 0 Å². The van der Waals surface area contributed by atoms with Crippen LogP contribution in [0.25, 0.3) is 0 Å². The number of allylic oxidation sites excluding steroid dienone is 1. The van der Waals surface area contributed by atoms with Crippen LogP contribution in [0.4, 0.5) is 0 Å². The Balaban J connectivity index is 1.55. The molecule has 3 rings (SSSR count). The fraction of sp³-hybridized carbons (Fsp3) is 0.826. The van der Waals surface area contributed by atoms with Gasteiger partial charge in [-0.05, 0) is 85.9 Å². The Morgan fingerprint density at radius 3 is 2.70 bits per heavy atom. The number of ether oxygens (including phenoxy) is 1. The summed E-state index contributed by atoms with van der Waals surface area (Å²) in [6.45, 7) is 14.9. The fourth-order valence-corrected chi connectivity index (χ4v) is 8.57. The standard InChI is InChI=1S/C23H39IO2Si/c1-17(16-25-19-11-13-22(2,14-19)26-27(4,5)6)20-9-10-21-18(15-24)8-7-12-23(20,21)3/h11,13,15,17,19-21H,7-10,12,14,16H2,1-6H3/t17-,19-,20+,21?,22-,23+/m0/s1. The van der Waals surface area contributed by atoms with Gasteiger partial charge in [0, 0.05) is 6.42 Å². The van der Waals surface area contributed by atoms with E-state index in [-0.39, 0.29) is 11.7 Å². The third-order valence-electron chi connectivity index (χ3n) is 7.25. The zero-order valence-electron chi connectivity index (χ0n) is 18.2. The summed E-state index contributed by atoms with van der Waals surface area (Å²) in [5.41, 5.74) is 2.07.